The summed E-state index contributed by atoms with van der Waals surface area (Å²) >= 11 is 0. The Bertz CT molecular complexity index is 3480. The van der Waals surface area contributed by atoms with Crippen LogP contribution in [0.1, 0.15) is 101 Å². The summed E-state index contributed by atoms with van der Waals surface area (Å²) in [4.78, 5) is 5.02. The van der Waals surface area contributed by atoms with Gasteiger partial charge in [0.1, 0.15) is 0 Å². The highest BCUT2D eigenvalue weighted by Gasteiger charge is 2.39. The van der Waals surface area contributed by atoms with Gasteiger partial charge in [0.25, 0.3) is 0 Å². The molecule has 1 aromatic heterocycles. The molecule has 10 rings (SSSR count). The molecule has 0 fully saturated rings. The Morgan fingerprint density at radius 3 is 1.93 bits per heavy atom. The van der Waals surface area contributed by atoms with Gasteiger partial charge < -0.3 is 14.4 Å². The lowest BCUT2D eigenvalue weighted by Gasteiger charge is -2.31. The number of rotatable bonds is 10. The van der Waals surface area contributed by atoms with E-state index in [0.717, 1.165) is 34.7 Å². The summed E-state index contributed by atoms with van der Waals surface area (Å²) in [6, 6.07) is 57.0. The van der Waals surface area contributed by atoms with Crippen LogP contribution in [0.5, 0.6) is 0 Å². The van der Waals surface area contributed by atoms with E-state index >= 15 is 0 Å². The number of hydrogen-bond acceptors (Lipinski definition) is 2. The summed E-state index contributed by atoms with van der Waals surface area (Å²) in [5.41, 5.74) is 23.0. The normalized spacial score (nSPS) is 12.8. The first-order valence-corrected chi connectivity index (χ1v) is 25.5. The minimum absolute atomic E-state index is 0.323. The molecule has 0 N–H and O–H groups in total. The molecule has 354 valence electrons. The Labute approximate surface area is 418 Å². The number of hydrogen-bond donors (Lipinski definition) is 0. The van der Waals surface area contributed by atoms with E-state index in [2.05, 4.69) is 247 Å². The first-order chi connectivity index (χ1) is 34.0. The van der Waals surface area contributed by atoms with Crippen LogP contribution in [0.3, 0.4) is 0 Å². The average molecular weight is 918 g/mol. The maximum Gasteiger partial charge on any atom is 0.0733 e. The molecule has 3 heteroatoms. The maximum absolute atomic E-state index is 4.19. The minimum Gasteiger partial charge on any atom is -0.342 e. The number of benzene rings is 8. The van der Waals surface area contributed by atoms with Crippen molar-refractivity contribution in [1.29, 1.82) is 0 Å². The van der Waals surface area contributed by atoms with E-state index in [0.29, 0.717) is 0 Å². The quantitative estimate of drug-likeness (QED) is 0.127. The van der Waals surface area contributed by atoms with Crippen molar-refractivity contribution in [2.45, 2.75) is 94.9 Å². The van der Waals surface area contributed by atoms with E-state index in [1.807, 2.05) is 33.8 Å². The number of allylic oxidation sites excluding steroid dienone is 5. The fourth-order valence-corrected chi connectivity index (χ4v) is 10.9. The predicted molar refractivity (Wildman–Crippen MR) is 309 cm³/mol. The molecule has 1 aliphatic rings. The number of para-hydroxylation sites is 2. The van der Waals surface area contributed by atoms with Crippen molar-refractivity contribution in [2.24, 2.45) is 7.05 Å². The van der Waals surface area contributed by atoms with Gasteiger partial charge in [-0.15, -0.1) is 0 Å². The summed E-state index contributed by atoms with van der Waals surface area (Å²) in [6.07, 6.45) is 7.21. The highest BCUT2D eigenvalue weighted by Crippen LogP contribution is 2.56. The molecule has 0 spiro atoms. The van der Waals surface area contributed by atoms with Gasteiger partial charge in [-0.2, -0.15) is 0 Å². The Morgan fingerprint density at radius 1 is 0.600 bits per heavy atom. The summed E-state index contributed by atoms with van der Waals surface area (Å²) < 4.78 is 2.38. The molecular weight excluding hydrogens is 847 g/mol. The largest absolute Gasteiger partial charge is 0.342 e. The molecule has 1 heterocycles. The smallest absolute Gasteiger partial charge is 0.0733 e. The Morgan fingerprint density at radius 2 is 1.23 bits per heavy atom. The van der Waals surface area contributed by atoms with Crippen molar-refractivity contribution >= 4 is 72.3 Å². The van der Waals surface area contributed by atoms with E-state index in [1.54, 1.807) is 0 Å². The predicted octanol–water partition coefficient (Wildman–Crippen LogP) is 19.8. The molecule has 0 bridgehead atoms. The average Bonchev–Trinajstić information content (AvgIpc) is 3.81. The second kappa shape index (κ2) is 20.3. The third-order valence-electron chi connectivity index (χ3n) is 14.4. The standard InChI is InChI=1S/C63H59N3.2C2H6/c1-11-21-48(41(5)12-2)49-27-19-30-58(47(49)13-3)66(59-31-20-28-53-51-25-16-17-29-57(51)64(10)62(53)59)46-34-35-54-55(38-46)63(8,9)56-39-60(50-24-14-15-26-52(50)61(54)56)65(44-23-18-22-40(4)36-44)45-33-32-42(6)43(7)37-45;2*1-2/h11-12,14-39H,2,13H2,1,3-10H3;2*1-2H3/b21-11-,48-41+;;. The first kappa shape index (κ1) is 49.1. The molecule has 0 unspecified atom stereocenters. The third kappa shape index (κ3) is 8.26. The van der Waals surface area contributed by atoms with Crippen molar-refractivity contribution in [3.63, 3.8) is 0 Å². The Hall–Kier alpha value is -7.36. The molecule has 0 saturated carbocycles. The third-order valence-corrected chi connectivity index (χ3v) is 14.4. The van der Waals surface area contributed by atoms with Gasteiger partial charge in [-0.05, 0) is 168 Å². The number of nitrogens with zero attached hydrogens (tertiary/aromatic N) is 3. The van der Waals surface area contributed by atoms with Gasteiger partial charge in [0.2, 0.25) is 0 Å². The molecule has 9 aromatic rings. The lowest BCUT2D eigenvalue weighted by Crippen LogP contribution is -2.18. The monoisotopic (exact) mass is 918 g/mol. The van der Waals surface area contributed by atoms with Gasteiger partial charge in [-0.1, -0.05) is 164 Å². The van der Waals surface area contributed by atoms with Crippen LogP contribution >= 0.6 is 0 Å². The van der Waals surface area contributed by atoms with E-state index < -0.39 is 0 Å². The molecule has 0 radical (unpaired) electrons. The molecular formula is C67H71N3. The molecule has 3 nitrogen and oxygen atoms in total. The van der Waals surface area contributed by atoms with Gasteiger partial charge >= 0.3 is 0 Å². The van der Waals surface area contributed by atoms with E-state index in [4.69, 9.17) is 0 Å². The van der Waals surface area contributed by atoms with Crippen LogP contribution in [0, 0.1) is 20.8 Å². The summed E-state index contributed by atoms with van der Waals surface area (Å²) in [6.45, 7) is 30.2. The summed E-state index contributed by atoms with van der Waals surface area (Å²) in [5.74, 6) is 0. The fourth-order valence-electron chi connectivity index (χ4n) is 10.9. The number of fused-ring (bicyclic) bond motifs is 8. The SMILES string of the molecule is C=C/C(C)=C(\C=C/C)c1cccc(N(c2ccc3c(c2)C(C)(C)c2cc(N(c4cccc(C)c4)c4ccc(C)c(C)c4)c4ccccc4c2-3)c2cccc3c4ccccc4n(C)c23)c1CC.CC.CC. The van der Waals surface area contributed by atoms with Crippen LogP contribution in [0.4, 0.5) is 34.1 Å². The highest BCUT2D eigenvalue weighted by atomic mass is 15.2. The number of aryl methyl sites for hydroxylation is 4. The maximum atomic E-state index is 4.19. The molecule has 0 saturated heterocycles. The van der Waals surface area contributed by atoms with Crippen LogP contribution in [0.2, 0.25) is 0 Å². The lowest BCUT2D eigenvalue weighted by molar-refractivity contribution is 0.661. The first-order valence-electron chi connectivity index (χ1n) is 25.5. The van der Waals surface area contributed by atoms with E-state index in [1.165, 1.54) is 99.6 Å². The zero-order chi connectivity index (χ0) is 50.0. The van der Waals surface area contributed by atoms with Crippen molar-refractivity contribution < 1.29 is 0 Å². The van der Waals surface area contributed by atoms with Gasteiger partial charge in [-0.25, -0.2) is 0 Å². The van der Waals surface area contributed by atoms with Gasteiger partial charge in [0.05, 0.1) is 22.6 Å². The lowest BCUT2D eigenvalue weighted by atomic mass is 9.81. The van der Waals surface area contributed by atoms with E-state index in [-0.39, 0.29) is 5.41 Å². The Kier molecular flexibility index (Phi) is 14.2. The molecule has 0 aliphatic heterocycles. The van der Waals surface area contributed by atoms with Crippen molar-refractivity contribution in [3.05, 3.63) is 221 Å². The van der Waals surface area contributed by atoms with Gasteiger partial charge in [0.15, 0.2) is 0 Å². The topological polar surface area (TPSA) is 11.4 Å². The molecule has 70 heavy (non-hydrogen) atoms. The zero-order valence-electron chi connectivity index (χ0n) is 43.9. The van der Waals surface area contributed by atoms with Crippen molar-refractivity contribution in [1.82, 2.24) is 4.57 Å². The highest BCUT2D eigenvalue weighted by molar-refractivity contribution is 6.14. The zero-order valence-corrected chi connectivity index (χ0v) is 43.9. The van der Waals surface area contributed by atoms with Crippen LogP contribution in [-0.4, -0.2) is 4.57 Å². The van der Waals surface area contributed by atoms with E-state index in [9.17, 15) is 0 Å². The molecule has 0 atom stereocenters. The molecule has 1 aliphatic carbocycles. The van der Waals surface area contributed by atoms with Crippen LogP contribution < -0.4 is 9.80 Å². The second-order valence-corrected chi connectivity index (χ2v) is 18.7. The second-order valence-electron chi connectivity index (χ2n) is 18.7. The van der Waals surface area contributed by atoms with Crippen molar-refractivity contribution in [2.75, 3.05) is 9.80 Å². The molecule has 0 amide bonds. The number of anilines is 6. The van der Waals surface area contributed by atoms with Crippen LogP contribution in [0.25, 0.3) is 49.3 Å². The summed E-state index contributed by atoms with van der Waals surface area (Å²) in [7, 11) is 2.22. The molecule has 8 aromatic carbocycles. The minimum atomic E-state index is -0.323. The van der Waals surface area contributed by atoms with Gasteiger partial charge in [0, 0.05) is 51.2 Å². The van der Waals surface area contributed by atoms with Crippen molar-refractivity contribution in [3.8, 4) is 11.1 Å². The van der Waals surface area contributed by atoms with Crippen LogP contribution in [-0.2, 0) is 18.9 Å². The Balaban J connectivity index is 0.00000161. The van der Waals surface area contributed by atoms with Crippen LogP contribution in [0.15, 0.2) is 182 Å². The fraction of sp³-hybridized carbons (Fsp3) is 0.224. The number of aromatic nitrogens is 1. The van der Waals surface area contributed by atoms with Gasteiger partial charge in [-0.3, -0.25) is 0 Å². The summed E-state index contributed by atoms with van der Waals surface area (Å²) in [5, 5.41) is 5.01.